The number of hydrogen-bond acceptors (Lipinski definition) is 6. The first-order chi connectivity index (χ1) is 13.2. The molecule has 2 aliphatic heterocycles. The maximum Gasteiger partial charge on any atom is 0.335 e. The highest BCUT2D eigenvalue weighted by Gasteiger charge is 2.18. The highest BCUT2D eigenvalue weighted by Crippen LogP contribution is 2.05. The lowest BCUT2D eigenvalue weighted by Crippen LogP contribution is -2.36. The van der Waals surface area contributed by atoms with Crippen LogP contribution in [0.25, 0.3) is 0 Å². The Labute approximate surface area is 163 Å². The van der Waals surface area contributed by atoms with Gasteiger partial charge in [0, 0.05) is 0 Å². The number of rotatable bonds is 4. The van der Waals surface area contributed by atoms with Crippen molar-refractivity contribution < 1.29 is 29.4 Å². The first-order valence-electron chi connectivity index (χ1n) is 9.05. The zero-order valence-corrected chi connectivity index (χ0v) is 15.8. The molecule has 0 radical (unpaired) electrons. The van der Waals surface area contributed by atoms with Crippen LogP contribution in [0.15, 0.2) is 24.3 Å². The fourth-order valence-corrected chi connectivity index (χ4v) is 2.74. The molecule has 2 heterocycles. The van der Waals surface area contributed by atoms with Crippen molar-refractivity contribution in [3.8, 4) is 0 Å². The van der Waals surface area contributed by atoms with E-state index >= 15 is 0 Å². The van der Waals surface area contributed by atoms with Crippen LogP contribution in [0.1, 0.15) is 53.3 Å². The van der Waals surface area contributed by atoms with Gasteiger partial charge in [-0.1, -0.05) is 6.07 Å². The van der Waals surface area contributed by atoms with Gasteiger partial charge in [-0.15, -0.1) is 0 Å². The molecule has 28 heavy (non-hydrogen) atoms. The number of amides is 1. The number of carboxylic acids is 2. The number of aromatic carboxylic acids is 2. The first kappa shape index (κ1) is 23.3. The van der Waals surface area contributed by atoms with E-state index < -0.39 is 11.9 Å². The third kappa shape index (κ3) is 8.28. The number of ketones is 1. The van der Waals surface area contributed by atoms with Gasteiger partial charge in [0.1, 0.15) is 5.78 Å². The monoisotopic (exact) mass is 393 g/mol. The fraction of sp³-hybridized carbons (Fsp3) is 0.474. The summed E-state index contributed by atoms with van der Waals surface area (Å²) in [4.78, 5) is 41.7. The number of nitrogens with two attached hydrogens (primary N) is 1. The number of primary amides is 1. The lowest BCUT2D eigenvalue weighted by molar-refractivity contribution is -0.120. The molecule has 0 bridgehead atoms. The fourth-order valence-electron chi connectivity index (χ4n) is 2.74. The highest BCUT2D eigenvalue weighted by molar-refractivity contribution is 5.93. The maximum atomic E-state index is 10.6. The number of carbonyl (C=O) groups excluding carboxylic acids is 2. The van der Waals surface area contributed by atoms with Gasteiger partial charge in [0.25, 0.3) is 0 Å². The Morgan fingerprint density at radius 1 is 0.929 bits per heavy atom. The van der Waals surface area contributed by atoms with Crippen LogP contribution in [0.2, 0.25) is 0 Å². The maximum absolute atomic E-state index is 10.6. The van der Waals surface area contributed by atoms with E-state index in [0.717, 1.165) is 44.8 Å². The molecule has 2 atom stereocenters. The molecule has 1 aromatic carbocycles. The van der Waals surface area contributed by atoms with Gasteiger partial charge in [-0.2, -0.15) is 0 Å². The summed E-state index contributed by atoms with van der Waals surface area (Å²) in [6.07, 6.45) is 4.18. The predicted octanol–water partition coefficient (Wildman–Crippen LogP) is 0.634. The van der Waals surface area contributed by atoms with Crippen LogP contribution in [0.5, 0.6) is 0 Å². The average molecular weight is 393 g/mol. The summed E-state index contributed by atoms with van der Waals surface area (Å²) in [5.74, 6) is -2.19. The smallest absolute Gasteiger partial charge is 0.335 e. The van der Waals surface area contributed by atoms with Crippen LogP contribution in [0.3, 0.4) is 0 Å². The molecule has 1 aromatic rings. The quantitative estimate of drug-likeness (QED) is 0.498. The predicted molar refractivity (Wildman–Crippen MR) is 102 cm³/mol. The van der Waals surface area contributed by atoms with Crippen LogP contribution >= 0.6 is 0 Å². The van der Waals surface area contributed by atoms with Crippen molar-refractivity contribution in [2.24, 2.45) is 5.73 Å². The molecule has 0 aliphatic carbocycles. The molecule has 6 N–H and O–H groups in total. The van der Waals surface area contributed by atoms with Crippen LogP contribution in [-0.4, -0.2) is 59.0 Å². The molecule has 9 nitrogen and oxygen atoms in total. The summed E-state index contributed by atoms with van der Waals surface area (Å²) in [6, 6.07) is 5.33. The zero-order chi connectivity index (χ0) is 21.1. The van der Waals surface area contributed by atoms with E-state index in [9.17, 15) is 19.2 Å². The summed E-state index contributed by atoms with van der Waals surface area (Å²) < 4.78 is 0. The van der Waals surface area contributed by atoms with Crippen LogP contribution in [-0.2, 0) is 9.59 Å². The third-order valence-electron chi connectivity index (χ3n) is 4.31. The molecule has 2 aliphatic rings. The Morgan fingerprint density at radius 3 is 1.64 bits per heavy atom. The molecule has 0 saturated carbocycles. The highest BCUT2D eigenvalue weighted by atomic mass is 16.4. The number of benzene rings is 1. The summed E-state index contributed by atoms with van der Waals surface area (Å²) in [5.41, 5.74) is 4.96. The third-order valence-corrected chi connectivity index (χ3v) is 4.31. The first-order valence-corrected chi connectivity index (χ1v) is 9.05. The SMILES string of the molecule is CC(=O)[C@@H]1CCCN1.NC(=O)[C@@H]1CCCN1.O=C(O)c1cccc(C(=O)O)c1. The molecule has 0 unspecified atom stereocenters. The van der Waals surface area contributed by atoms with E-state index in [2.05, 4.69) is 10.6 Å². The molecule has 154 valence electrons. The number of nitrogens with one attached hydrogen (secondary N) is 2. The Morgan fingerprint density at radius 2 is 1.39 bits per heavy atom. The van der Waals surface area contributed by atoms with Crippen molar-refractivity contribution in [3.63, 3.8) is 0 Å². The second kappa shape index (κ2) is 11.8. The van der Waals surface area contributed by atoms with Crippen molar-refractivity contribution in [2.45, 2.75) is 44.7 Å². The molecule has 3 rings (SSSR count). The number of hydrogen-bond donors (Lipinski definition) is 5. The van der Waals surface area contributed by atoms with Crippen LogP contribution in [0.4, 0.5) is 0 Å². The van der Waals surface area contributed by atoms with Gasteiger partial charge in [0.15, 0.2) is 0 Å². The lowest BCUT2D eigenvalue weighted by atomic mass is 10.1. The Bertz CT molecular complexity index is 639. The van der Waals surface area contributed by atoms with Crippen LogP contribution in [0, 0.1) is 0 Å². The molecule has 2 fully saturated rings. The Kier molecular flexibility index (Phi) is 9.83. The second-order valence-corrected chi connectivity index (χ2v) is 6.50. The molecule has 0 aromatic heterocycles. The van der Waals surface area contributed by atoms with E-state index in [1.54, 1.807) is 6.92 Å². The average Bonchev–Trinajstić information content (AvgIpc) is 3.36. The molecule has 1 amide bonds. The minimum absolute atomic E-state index is 0.0186. The molecule has 2 saturated heterocycles. The van der Waals surface area contributed by atoms with Gasteiger partial charge >= 0.3 is 11.9 Å². The summed E-state index contributed by atoms with van der Waals surface area (Å²) >= 11 is 0. The van der Waals surface area contributed by atoms with E-state index in [4.69, 9.17) is 15.9 Å². The van der Waals surface area contributed by atoms with Gasteiger partial charge in [-0.25, -0.2) is 9.59 Å². The van der Waals surface area contributed by atoms with E-state index in [0.29, 0.717) is 0 Å². The van der Waals surface area contributed by atoms with Crippen molar-refractivity contribution >= 4 is 23.6 Å². The topological polar surface area (TPSA) is 159 Å². The second-order valence-electron chi connectivity index (χ2n) is 6.50. The van der Waals surface area contributed by atoms with Crippen molar-refractivity contribution in [2.75, 3.05) is 13.1 Å². The Hall–Kier alpha value is -2.78. The number of Topliss-reactive ketones (excluding diaryl/α,β-unsaturated/α-hetero) is 1. The molecule has 0 spiro atoms. The van der Waals surface area contributed by atoms with E-state index in [-0.39, 0.29) is 34.9 Å². The minimum Gasteiger partial charge on any atom is -0.478 e. The number of carboxylic acid groups (broad SMARTS) is 2. The van der Waals surface area contributed by atoms with Gasteiger partial charge < -0.3 is 26.6 Å². The number of carbonyl (C=O) groups is 4. The van der Waals surface area contributed by atoms with E-state index in [1.807, 2.05) is 0 Å². The van der Waals surface area contributed by atoms with Crippen molar-refractivity contribution in [1.82, 2.24) is 10.6 Å². The van der Waals surface area contributed by atoms with Crippen LogP contribution < -0.4 is 16.4 Å². The van der Waals surface area contributed by atoms with Gasteiger partial charge in [-0.3, -0.25) is 9.59 Å². The zero-order valence-electron chi connectivity index (χ0n) is 15.8. The minimum atomic E-state index is -1.13. The molecule has 9 heteroatoms. The van der Waals surface area contributed by atoms with Crippen molar-refractivity contribution in [1.29, 1.82) is 0 Å². The Balaban J connectivity index is 0.000000217. The van der Waals surface area contributed by atoms with Gasteiger partial charge in [0.2, 0.25) is 5.91 Å². The normalized spacial score (nSPS) is 20.2. The molecular formula is C19H27N3O6. The van der Waals surface area contributed by atoms with Crippen molar-refractivity contribution in [3.05, 3.63) is 35.4 Å². The summed E-state index contributed by atoms with van der Waals surface area (Å²) in [5, 5.41) is 23.1. The van der Waals surface area contributed by atoms with Gasteiger partial charge in [-0.05, 0) is 63.9 Å². The molecular weight excluding hydrogens is 366 g/mol. The standard InChI is InChI=1S/C8H6O4.C6H11NO.C5H10N2O/c9-7(10)5-2-1-3-6(4-5)8(11)12;1-5(8)6-3-2-4-7-6;6-5(8)4-2-1-3-7-4/h1-4H,(H,9,10)(H,11,12);6-7H,2-4H2,1H3;4,7H,1-3H2,(H2,6,8)/t;6-;4-/m.00/s1. The van der Waals surface area contributed by atoms with Gasteiger partial charge in [0.05, 0.1) is 23.2 Å². The summed E-state index contributed by atoms with van der Waals surface area (Å²) in [6.45, 7) is 3.60. The largest absolute Gasteiger partial charge is 0.478 e. The lowest BCUT2D eigenvalue weighted by Gasteiger charge is -2.01. The van der Waals surface area contributed by atoms with E-state index in [1.165, 1.54) is 18.2 Å². The summed E-state index contributed by atoms with van der Waals surface area (Å²) in [7, 11) is 0.